The van der Waals surface area contributed by atoms with Crippen LogP contribution in [0.2, 0.25) is 0 Å². The third kappa shape index (κ3) is 6.38. The predicted molar refractivity (Wildman–Crippen MR) is 151 cm³/mol. The molecule has 0 spiro atoms. The maximum absolute atomic E-state index is 3.60. The Balaban J connectivity index is 2.37. The average molecular weight is 630 g/mol. The van der Waals surface area contributed by atoms with Crippen LogP contribution < -0.4 is 10.6 Å². The van der Waals surface area contributed by atoms with Gasteiger partial charge in [-0.15, -0.1) is 0 Å². The molecule has 0 saturated heterocycles. The van der Waals surface area contributed by atoms with Gasteiger partial charge in [0, 0.05) is 30.9 Å². The van der Waals surface area contributed by atoms with E-state index in [1.54, 1.807) is 0 Å². The minimum atomic E-state index is 0.470. The number of benzene rings is 2. The van der Waals surface area contributed by atoms with E-state index in [4.69, 9.17) is 0 Å². The zero-order valence-electron chi connectivity index (χ0n) is 19.5. The van der Waals surface area contributed by atoms with Crippen LogP contribution in [0.5, 0.6) is 0 Å². The Hall–Kier alpha value is -0.760. The molecule has 2 N–H and O–H groups in total. The molecule has 0 radical (unpaired) electrons. The van der Waals surface area contributed by atoms with Gasteiger partial charge in [0.15, 0.2) is 0 Å². The lowest BCUT2D eigenvalue weighted by molar-refractivity contribution is 0.835. The number of halogens is 2. The van der Waals surface area contributed by atoms with Crippen molar-refractivity contribution < 1.29 is 0 Å². The Morgan fingerprint density at radius 1 is 0.533 bits per heavy atom. The number of rotatable bonds is 8. The summed E-state index contributed by atoms with van der Waals surface area (Å²) in [6.45, 7) is 18.1. The average Bonchev–Trinajstić information content (AvgIpc) is 2.65. The standard InChI is InChI=1S/C26H36I2N2/c1-15(2)21-11-19(27)12-22(16(3)4)25(21)29-9-10-30-26-23(17(5)6)13-20(28)14-24(26)18(7)8/h9-18,29-30H,1-8H3/b10-9-. The molecule has 0 fully saturated rings. The molecule has 30 heavy (non-hydrogen) atoms. The largest absolute Gasteiger partial charge is 0.360 e. The fourth-order valence-corrected chi connectivity index (χ4v) is 5.05. The highest BCUT2D eigenvalue weighted by Gasteiger charge is 2.16. The number of hydrogen-bond donors (Lipinski definition) is 2. The first kappa shape index (κ1) is 25.5. The van der Waals surface area contributed by atoms with Crippen molar-refractivity contribution in [2.24, 2.45) is 0 Å². The van der Waals surface area contributed by atoms with Crippen molar-refractivity contribution >= 4 is 56.6 Å². The van der Waals surface area contributed by atoms with Crippen LogP contribution in [-0.4, -0.2) is 0 Å². The summed E-state index contributed by atoms with van der Waals surface area (Å²) in [5.41, 5.74) is 7.97. The van der Waals surface area contributed by atoms with Crippen LogP contribution in [0.25, 0.3) is 0 Å². The molecule has 0 aliphatic rings. The Morgan fingerprint density at radius 3 is 0.967 bits per heavy atom. The lowest BCUT2D eigenvalue weighted by atomic mass is 9.92. The van der Waals surface area contributed by atoms with Crippen LogP contribution in [0.1, 0.15) is 101 Å². The van der Waals surface area contributed by atoms with Crippen LogP contribution >= 0.6 is 45.2 Å². The van der Waals surface area contributed by atoms with Gasteiger partial charge in [0.25, 0.3) is 0 Å². The van der Waals surface area contributed by atoms with E-state index in [1.165, 1.54) is 40.8 Å². The quantitative estimate of drug-likeness (QED) is 0.284. The van der Waals surface area contributed by atoms with Crippen molar-refractivity contribution in [1.82, 2.24) is 0 Å². The maximum Gasteiger partial charge on any atom is 0.0451 e. The van der Waals surface area contributed by atoms with Gasteiger partial charge >= 0.3 is 0 Å². The molecule has 0 saturated carbocycles. The zero-order valence-corrected chi connectivity index (χ0v) is 23.8. The summed E-state index contributed by atoms with van der Waals surface area (Å²) in [6, 6.07) is 9.20. The molecule has 2 rings (SSSR count). The van der Waals surface area contributed by atoms with Crippen LogP contribution in [0.4, 0.5) is 11.4 Å². The molecular weight excluding hydrogens is 594 g/mol. The number of anilines is 2. The van der Waals surface area contributed by atoms with E-state index in [-0.39, 0.29) is 0 Å². The molecular formula is C26H36I2N2. The van der Waals surface area contributed by atoms with E-state index in [2.05, 4.69) is 135 Å². The number of hydrogen-bond acceptors (Lipinski definition) is 2. The molecule has 0 unspecified atom stereocenters. The first-order chi connectivity index (χ1) is 14.0. The SMILES string of the molecule is CC(C)c1cc(I)cc(C(C)C)c1N/C=C\Nc1c(C(C)C)cc(I)cc1C(C)C. The van der Waals surface area contributed by atoms with Crippen LogP contribution in [-0.2, 0) is 0 Å². The lowest BCUT2D eigenvalue weighted by Crippen LogP contribution is -2.06. The summed E-state index contributed by atoms with van der Waals surface area (Å²) in [6.07, 6.45) is 4.10. The van der Waals surface area contributed by atoms with Crippen molar-refractivity contribution in [3.05, 3.63) is 66.1 Å². The normalized spacial score (nSPS) is 12.1. The van der Waals surface area contributed by atoms with Gasteiger partial charge in [-0.2, -0.15) is 0 Å². The Morgan fingerprint density at radius 2 is 0.767 bits per heavy atom. The summed E-state index contributed by atoms with van der Waals surface area (Å²) in [7, 11) is 0. The van der Waals surface area contributed by atoms with Crippen LogP contribution in [0, 0.1) is 7.14 Å². The molecule has 0 aliphatic carbocycles. The van der Waals surface area contributed by atoms with Gasteiger partial charge in [-0.05, 0) is 115 Å². The summed E-state index contributed by atoms with van der Waals surface area (Å²) in [5, 5.41) is 7.21. The van der Waals surface area contributed by atoms with Crippen molar-refractivity contribution in [3.8, 4) is 0 Å². The van der Waals surface area contributed by atoms with Gasteiger partial charge in [0.1, 0.15) is 0 Å². The molecule has 0 atom stereocenters. The minimum absolute atomic E-state index is 0.470. The van der Waals surface area contributed by atoms with Gasteiger partial charge in [0.2, 0.25) is 0 Å². The van der Waals surface area contributed by atoms with Crippen LogP contribution in [0.3, 0.4) is 0 Å². The zero-order chi connectivity index (χ0) is 22.6. The molecule has 2 aromatic carbocycles. The van der Waals surface area contributed by atoms with Gasteiger partial charge in [0.05, 0.1) is 0 Å². The van der Waals surface area contributed by atoms with Gasteiger partial charge in [-0.1, -0.05) is 55.4 Å². The maximum atomic E-state index is 3.60. The van der Waals surface area contributed by atoms with E-state index in [0.29, 0.717) is 23.7 Å². The second-order valence-electron chi connectivity index (χ2n) is 9.16. The molecule has 0 amide bonds. The van der Waals surface area contributed by atoms with E-state index < -0.39 is 0 Å². The van der Waals surface area contributed by atoms with Crippen LogP contribution in [0.15, 0.2) is 36.7 Å². The third-order valence-corrected chi connectivity index (χ3v) is 6.60. The van der Waals surface area contributed by atoms with E-state index in [9.17, 15) is 0 Å². The summed E-state index contributed by atoms with van der Waals surface area (Å²) >= 11 is 4.86. The van der Waals surface area contributed by atoms with Gasteiger partial charge < -0.3 is 10.6 Å². The monoisotopic (exact) mass is 630 g/mol. The molecule has 0 aliphatic heterocycles. The smallest absolute Gasteiger partial charge is 0.0451 e. The lowest BCUT2D eigenvalue weighted by Gasteiger charge is -2.21. The van der Waals surface area contributed by atoms with Crippen molar-refractivity contribution in [2.45, 2.75) is 79.1 Å². The fraction of sp³-hybridized carbons (Fsp3) is 0.462. The van der Waals surface area contributed by atoms with Gasteiger partial charge in [-0.25, -0.2) is 0 Å². The van der Waals surface area contributed by atoms with E-state index in [1.807, 2.05) is 12.4 Å². The highest BCUT2D eigenvalue weighted by atomic mass is 127. The highest BCUT2D eigenvalue weighted by molar-refractivity contribution is 14.1. The molecule has 164 valence electrons. The molecule has 4 heteroatoms. The van der Waals surface area contributed by atoms with Crippen molar-refractivity contribution in [1.29, 1.82) is 0 Å². The topological polar surface area (TPSA) is 24.1 Å². The first-order valence-corrected chi connectivity index (χ1v) is 13.0. The molecule has 0 aromatic heterocycles. The van der Waals surface area contributed by atoms with Crippen molar-refractivity contribution in [2.75, 3.05) is 10.6 Å². The fourth-order valence-electron chi connectivity index (χ4n) is 3.70. The summed E-state index contributed by atoms with van der Waals surface area (Å²) in [4.78, 5) is 0. The highest BCUT2D eigenvalue weighted by Crippen LogP contribution is 2.36. The summed E-state index contributed by atoms with van der Waals surface area (Å²) in [5.74, 6) is 1.88. The Kier molecular flexibility index (Phi) is 9.53. The van der Waals surface area contributed by atoms with E-state index >= 15 is 0 Å². The third-order valence-electron chi connectivity index (χ3n) is 5.35. The predicted octanol–water partition coefficient (Wildman–Crippen LogP) is 9.38. The second kappa shape index (κ2) is 11.2. The molecule has 2 aromatic rings. The van der Waals surface area contributed by atoms with Crippen molar-refractivity contribution in [3.63, 3.8) is 0 Å². The van der Waals surface area contributed by atoms with Gasteiger partial charge in [-0.3, -0.25) is 0 Å². The van der Waals surface area contributed by atoms with E-state index in [0.717, 1.165) is 0 Å². The molecule has 0 bridgehead atoms. The first-order valence-electron chi connectivity index (χ1n) is 10.9. The minimum Gasteiger partial charge on any atom is -0.360 e. The Bertz CT molecular complexity index is 764. The molecule has 0 heterocycles. The summed E-state index contributed by atoms with van der Waals surface area (Å²) < 4.78 is 2.60. The second-order valence-corrected chi connectivity index (χ2v) is 11.7. The number of nitrogens with one attached hydrogen (secondary N) is 2. The molecule has 2 nitrogen and oxygen atoms in total. The Labute approximate surface area is 211 Å².